The molecular weight excluding hydrogens is 277 g/mol. The molecule has 0 heterocycles. The maximum atomic E-state index is 12.1. The summed E-state index contributed by atoms with van der Waals surface area (Å²) in [5.74, 6) is -0.760. The summed E-state index contributed by atoms with van der Waals surface area (Å²) >= 11 is 11.9. The third-order valence-electron chi connectivity index (χ3n) is 3.71. The highest BCUT2D eigenvalue weighted by atomic mass is 35.5. The molecule has 3 atom stereocenters. The Morgan fingerprint density at radius 1 is 1.44 bits per heavy atom. The van der Waals surface area contributed by atoms with Gasteiger partial charge in [0.2, 0.25) is 5.91 Å². The Morgan fingerprint density at radius 3 is 2.28 bits per heavy atom. The highest BCUT2D eigenvalue weighted by molar-refractivity contribution is 6.53. The monoisotopic (exact) mass is 295 g/mol. The van der Waals surface area contributed by atoms with Crippen molar-refractivity contribution in [2.75, 3.05) is 7.11 Å². The highest BCUT2D eigenvalue weighted by Crippen LogP contribution is 2.63. The van der Waals surface area contributed by atoms with Crippen LogP contribution in [0, 0.1) is 11.3 Å². The first kappa shape index (κ1) is 15.6. The van der Waals surface area contributed by atoms with E-state index in [1.54, 1.807) is 6.92 Å². The van der Waals surface area contributed by atoms with Crippen LogP contribution >= 0.6 is 23.2 Å². The molecule has 18 heavy (non-hydrogen) atoms. The number of halogens is 2. The zero-order chi connectivity index (χ0) is 14.1. The Hall–Kier alpha value is -0.480. The molecule has 0 radical (unpaired) electrons. The number of hydrogen-bond donors (Lipinski definition) is 1. The van der Waals surface area contributed by atoms with Crippen LogP contribution in [0.2, 0.25) is 0 Å². The minimum absolute atomic E-state index is 0.0104. The predicted molar refractivity (Wildman–Crippen MR) is 70.6 cm³/mol. The first-order valence-corrected chi connectivity index (χ1v) is 6.72. The Balaban J connectivity index is 2.74. The van der Waals surface area contributed by atoms with E-state index >= 15 is 0 Å². The largest absolute Gasteiger partial charge is 0.467 e. The second-order valence-electron chi connectivity index (χ2n) is 5.07. The fourth-order valence-corrected chi connectivity index (χ4v) is 2.45. The number of nitrogens with one attached hydrogen (secondary N) is 1. The lowest BCUT2D eigenvalue weighted by atomic mass is 9.98. The smallest absolute Gasteiger partial charge is 0.328 e. The van der Waals surface area contributed by atoms with E-state index in [4.69, 9.17) is 27.9 Å². The summed E-state index contributed by atoms with van der Waals surface area (Å²) in [7, 11) is 1.30. The molecule has 0 spiro atoms. The van der Waals surface area contributed by atoms with Gasteiger partial charge in [0.25, 0.3) is 0 Å². The van der Waals surface area contributed by atoms with Crippen LogP contribution in [0.4, 0.5) is 0 Å². The molecule has 0 aromatic rings. The molecule has 1 amide bonds. The molecule has 1 aliphatic rings. The van der Waals surface area contributed by atoms with Gasteiger partial charge in [-0.25, -0.2) is 4.79 Å². The van der Waals surface area contributed by atoms with Crippen LogP contribution < -0.4 is 5.32 Å². The summed E-state index contributed by atoms with van der Waals surface area (Å²) < 4.78 is 3.67. The SMILES string of the molecule is CC[C@H](C)[C@H](NC(=O)[C@]1(C)CC1(Cl)Cl)C(=O)OC. The summed E-state index contributed by atoms with van der Waals surface area (Å²) in [5, 5.41) is 2.69. The molecule has 0 aromatic carbocycles. The van der Waals surface area contributed by atoms with Crippen molar-refractivity contribution in [2.45, 2.75) is 44.0 Å². The summed E-state index contributed by atoms with van der Waals surface area (Å²) in [6.45, 7) is 5.51. The van der Waals surface area contributed by atoms with Gasteiger partial charge in [-0.2, -0.15) is 0 Å². The van der Waals surface area contributed by atoms with Crippen LogP contribution in [-0.4, -0.2) is 29.4 Å². The van der Waals surface area contributed by atoms with E-state index in [9.17, 15) is 9.59 Å². The Kier molecular flexibility index (Phi) is 4.55. The van der Waals surface area contributed by atoms with E-state index in [1.807, 2.05) is 13.8 Å². The maximum absolute atomic E-state index is 12.1. The number of carbonyl (C=O) groups excluding carboxylic acids is 2. The van der Waals surface area contributed by atoms with Crippen LogP contribution in [0.1, 0.15) is 33.6 Å². The van der Waals surface area contributed by atoms with Crippen LogP contribution in [0.5, 0.6) is 0 Å². The molecule has 104 valence electrons. The zero-order valence-electron chi connectivity index (χ0n) is 11.0. The summed E-state index contributed by atoms with van der Waals surface area (Å²) in [6.07, 6.45) is 1.15. The maximum Gasteiger partial charge on any atom is 0.328 e. The average molecular weight is 296 g/mol. The number of esters is 1. The third kappa shape index (κ3) is 2.75. The molecule has 0 aliphatic heterocycles. The molecule has 4 nitrogen and oxygen atoms in total. The standard InChI is InChI=1S/C12H19Cl2NO3/c1-5-7(2)8(9(16)18-4)15-10(17)11(3)6-12(11,13)14/h7-8H,5-6H2,1-4H3,(H,15,17)/t7-,8-,11-/m0/s1. The fourth-order valence-electron chi connectivity index (χ4n) is 1.74. The van der Waals surface area contributed by atoms with Gasteiger partial charge in [-0.3, -0.25) is 4.79 Å². The number of amides is 1. The van der Waals surface area contributed by atoms with E-state index in [0.29, 0.717) is 6.42 Å². The van der Waals surface area contributed by atoms with Crippen LogP contribution in [0.25, 0.3) is 0 Å². The minimum Gasteiger partial charge on any atom is -0.467 e. The van der Waals surface area contributed by atoms with E-state index in [0.717, 1.165) is 6.42 Å². The van der Waals surface area contributed by atoms with Crippen molar-refractivity contribution in [2.24, 2.45) is 11.3 Å². The minimum atomic E-state index is -1.03. The third-order valence-corrected chi connectivity index (χ3v) is 4.82. The van der Waals surface area contributed by atoms with Gasteiger partial charge < -0.3 is 10.1 Å². The second kappa shape index (κ2) is 5.25. The van der Waals surface area contributed by atoms with Crippen LogP contribution in [0.15, 0.2) is 0 Å². The van der Waals surface area contributed by atoms with Crippen molar-refractivity contribution < 1.29 is 14.3 Å². The molecule has 0 bridgehead atoms. The summed E-state index contributed by atoms with van der Waals surface area (Å²) in [6, 6.07) is -0.658. The number of ether oxygens (including phenoxy) is 1. The summed E-state index contributed by atoms with van der Waals surface area (Å²) in [5.41, 5.74) is -0.824. The second-order valence-corrected chi connectivity index (χ2v) is 6.56. The lowest BCUT2D eigenvalue weighted by Gasteiger charge is -2.24. The first-order valence-electron chi connectivity index (χ1n) is 5.96. The quantitative estimate of drug-likeness (QED) is 0.625. The lowest BCUT2D eigenvalue weighted by Crippen LogP contribution is -2.48. The zero-order valence-corrected chi connectivity index (χ0v) is 12.6. The van der Waals surface area contributed by atoms with Crippen molar-refractivity contribution in [1.29, 1.82) is 0 Å². The number of methoxy groups -OCH3 is 1. The first-order chi connectivity index (χ1) is 8.19. The molecule has 1 saturated carbocycles. The van der Waals surface area contributed by atoms with Gasteiger partial charge in [-0.1, -0.05) is 20.3 Å². The average Bonchev–Trinajstić information content (AvgIpc) is 2.84. The fraction of sp³-hybridized carbons (Fsp3) is 0.833. The molecule has 0 saturated heterocycles. The van der Waals surface area contributed by atoms with E-state index in [-0.39, 0.29) is 11.8 Å². The van der Waals surface area contributed by atoms with Crippen molar-refractivity contribution in [3.63, 3.8) is 0 Å². The normalized spacial score (nSPS) is 28.1. The van der Waals surface area contributed by atoms with Gasteiger partial charge in [0, 0.05) is 0 Å². The van der Waals surface area contributed by atoms with Crippen LogP contribution in [0.3, 0.4) is 0 Å². The van der Waals surface area contributed by atoms with E-state index in [2.05, 4.69) is 5.32 Å². The Morgan fingerprint density at radius 2 is 1.94 bits per heavy atom. The van der Waals surface area contributed by atoms with Crippen LogP contribution in [-0.2, 0) is 14.3 Å². The van der Waals surface area contributed by atoms with Crippen molar-refractivity contribution in [1.82, 2.24) is 5.32 Å². The van der Waals surface area contributed by atoms with Crippen molar-refractivity contribution >= 4 is 35.1 Å². The van der Waals surface area contributed by atoms with Gasteiger partial charge >= 0.3 is 5.97 Å². The van der Waals surface area contributed by atoms with E-state index in [1.165, 1.54) is 7.11 Å². The molecule has 0 aromatic heterocycles. The molecule has 0 unspecified atom stereocenters. The molecule has 1 aliphatic carbocycles. The van der Waals surface area contributed by atoms with Crippen molar-refractivity contribution in [3.8, 4) is 0 Å². The molecule has 1 fully saturated rings. The number of alkyl halides is 2. The van der Waals surface area contributed by atoms with E-state index < -0.39 is 21.8 Å². The van der Waals surface area contributed by atoms with Gasteiger partial charge in [0.15, 0.2) is 0 Å². The molecular formula is C12H19Cl2NO3. The van der Waals surface area contributed by atoms with Gasteiger partial charge in [0.1, 0.15) is 10.4 Å². The highest BCUT2D eigenvalue weighted by Gasteiger charge is 2.68. The topological polar surface area (TPSA) is 55.4 Å². The molecule has 6 heteroatoms. The lowest BCUT2D eigenvalue weighted by molar-refractivity contribution is -0.147. The molecule has 1 N–H and O–H groups in total. The number of hydrogen-bond acceptors (Lipinski definition) is 3. The number of rotatable bonds is 5. The molecule has 1 rings (SSSR count). The van der Waals surface area contributed by atoms with Crippen molar-refractivity contribution in [3.05, 3.63) is 0 Å². The number of carbonyl (C=O) groups is 2. The van der Waals surface area contributed by atoms with Gasteiger partial charge in [0.05, 0.1) is 12.5 Å². The van der Waals surface area contributed by atoms with Gasteiger partial charge in [-0.15, -0.1) is 23.2 Å². The van der Waals surface area contributed by atoms with Gasteiger partial charge in [-0.05, 0) is 19.3 Å². The Labute approximate surface area is 117 Å². The summed E-state index contributed by atoms with van der Waals surface area (Å²) in [4.78, 5) is 23.8. The Bertz CT molecular complexity index is 359. The predicted octanol–water partition coefficient (Wildman–Crippen LogP) is 2.27.